The maximum atomic E-state index is 9.85. The van der Waals surface area contributed by atoms with Gasteiger partial charge in [0.1, 0.15) is 0 Å². The maximum Gasteiger partial charge on any atom is 0.0789 e. The van der Waals surface area contributed by atoms with Crippen LogP contribution in [-0.2, 0) is 0 Å². The lowest BCUT2D eigenvalue weighted by Crippen LogP contribution is -2.39. The van der Waals surface area contributed by atoms with E-state index in [4.69, 9.17) is 0 Å². The van der Waals surface area contributed by atoms with Crippen LogP contribution in [0.25, 0.3) is 0 Å². The summed E-state index contributed by atoms with van der Waals surface area (Å²) in [6.45, 7) is 9.80. The molecule has 0 spiro atoms. The second-order valence-electron chi connectivity index (χ2n) is 4.77. The average Bonchev–Trinajstić information content (AvgIpc) is 2.11. The monoisotopic (exact) mass is 207 g/mol. The smallest absolute Gasteiger partial charge is 0.0789 e. The van der Waals surface area contributed by atoms with Gasteiger partial charge in [0.05, 0.1) is 11.6 Å². The molecule has 2 N–H and O–H groups in total. The molecule has 15 heavy (non-hydrogen) atoms. The number of anilines is 1. The molecule has 0 amide bonds. The second-order valence-corrected chi connectivity index (χ2v) is 4.77. The molecule has 0 radical (unpaired) electrons. The molecule has 0 aliphatic rings. The summed E-state index contributed by atoms with van der Waals surface area (Å²) in [7, 11) is 0. The third-order valence-corrected chi connectivity index (χ3v) is 3.04. The molecular weight excluding hydrogens is 186 g/mol. The van der Waals surface area contributed by atoms with E-state index in [1.165, 1.54) is 11.1 Å². The van der Waals surface area contributed by atoms with Crippen molar-refractivity contribution >= 4 is 5.69 Å². The van der Waals surface area contributed by atoms with Crippen LogP contribution in [0.5, 0.6) is 0 Å². The van der Waals surface area contributed by atoms with Crippen LogP contribution in [0.1, 0.15) is 31.9 Å². The minimum absolute atomic E-state index is 0.0259. The Morgan fingerprint density at radius 1 is 1.27 bits per heavy atom. The molecule has 0 aliphatic heterocycles. The Labute approximate surface area is 92.3 Å². The Hall–Kier alpha value is -1.02. The molecular formula is C13H21NO. The van der Waals surface area contributed by atoms with Crippen molar-refractivity contribution in [2.24, 2.45) is 0 Å². The minimum Gasteiger partial charge on any atom is -0.388 e. The molecule has 2 heteroatoms. The molecule has 0 heterocycles. The third-order valence-electron chi connectivity index (χ3n) is 3.04. The first-order chi connectivity index (χ1) is 6.82. The zero-order valence-corrected chi connectivity index (χ0v) is 10.3. The molecule has 1 aromatic rings. The molecule has 0 aromatic heterocycles. The molecule has 0 fully saturated rings. The summed E-state index contributed by atoms with van der Waals surface area (Å²) in [6.07, 6.45) is 0. The van der Waals surface area contributed by atoms with Gasteiger partial charge in [0, 0.05) is 5.69 Å². The Kier molecular flexibility index (Phi) is 3.40. The first-order valence-electron chi connectivity index (χ1n) is 5.37. The number of aliphatic hydroxyl groups is 1. The van der Waals surface area contributed by atoms with E-state index in [1.807, 2.05) is 32.9 Å². The van der Waals surface area contributed by atoms with Crippen LogP contribution in [0.4, 0.5) is 5.69 Å². The van der Waals surface area contributed by atoms with Crippen molar-refractivity contribution in [3.63, 3.8) is 0 Å². The standard InChI is InChI=1S/C13H21NO/c1-9-7-6-8-12(10(9)2)14-11(3)13(4,5)15/h6-8,11,14-15H,1-5H3. The van der Waals surface area contributed by atoms with Crippen molar-refractivity contribution in [1.29, 1.82) is 0 Å². The van der Waals surface area contributed by atoms with E-state index in [2.05, 4.69) is 25.2 Å². The highest BCUT2D eigenvalue weighted by Crippen LogP contribution is 2.21. The molecule has 0 saturated heterocycles. The van der Waals surface area contributed by atoms with Gasteiger partial charge in [-0.05, 0) is 51.8 Å². The number of hydrogen-bond donors (Lipinski definition) is 2. The van der Waals surface area contributed by atoms with E-state index in [0.717, 1.165) is 5.69 Å². The van der Waals surface area contributed by atoms with Crippen LogP contribution >= 0.6 is 0 Å². The van der Waals surface area contributed by atoms with Crippen LogP contribution in [0, 0.1) is 13.8 Å². The van der Waals surface area contributed by atoms with Crippen molar-refractivity contribution in [3.8, 4) is 0 Å². The molecule has 0 aliphatic carbocycles. The number of rotatable bonds is 3. The van der Waals surface area contributed by atoms with Crippen molar-refractivity contribution in [1.82, 2.24) is 0 Å². The molecule has 1 atom stereocenters. The summed E-state index contributed by atoms with van der Waals surface area (Å²) in [5.41, 5.74) is 2.90. The molecule has 1 aromatic carbocycles. The van der Waals surface area contributed by atoms with Gasteiger partial charge in [-0.1, -0.05) is 12.1 Å². The van der Waals surface area contributed by atoms with Crippen LogP contribution in [-0.4, -0.2) is 16.7 Å². The van der Waals surface area contributed by atoms with Crippen molar-refractivity contribution in [3.05, 3.63) is 29.3 Å². The lowest BCUT2D eigenvalue weighted by Gasteiger charge is -2.28. The van der Waals surface area contributed by atoms with E-state index in [1.54, 1.807) is 0 Å². The summed E-state index contributed by atoms with van der Waals surface area (Å²) in [6, 6.07) is 6.19. The molecule has 84 valence electrons. The Morgan fingerprint density at radius 3 is 2.40 bits per heavy atom. The summed E-state index contributed by atoms with van der Waals surface area (Å²) >= 11 is 0. The lowest BCUT2D eigenvalue weighted by atomic mass is 9.99. The summed E-state index contributed by atoms with van der Waals surface area (Å²) < 4.78 is 0. The zero-order chi connectivity index (χ0) is 11.6. The van der Waals surface area contributed by atoms with Gasteiger partial charge in [0.2, 0.25) is 0 Å². The Balaban J connectivity index is 2.86. The quantitative estimate of drug-likeness (QED) is 0.798. The highest BCUT2D eigenvalue weighted by atomic mass is 16.3. The summed E-state index contributed by atoms with van der Waals surface area (Å²) in [5.74, 6) is 0. The topological polar surface area (TPSA) is 32.3 Å². The maximum absolute atomic E-state index is 9.85. The predicted molar refractivity (Wildman–Crippen MR) is 65.3 cm³/mol. The van der Waals surface area contributed by atoms with Crippen molar-refractivity contribution in [2.45, 2.75) is 46.3 Å². The number of benzene rings is 1. The Bertz CT molecular complexity index is 339. The van der Waals surface area contributed by atoms with Crippen LogP contribution in [0.15, 0.2) is 18.2 Å². The van der Waals surface area contributed by atoms with Gasteiger partial charge in [0.25, 0.3) is 0 Å². The average molecular weight is 207 g/mol. The number of hydrogen-bond acceptors (Lipinski definition) is 2. The minimum atomic E-state index is -0.712. The number of aryl methyl sites for hydroxylation is 1. The molecule has 0 saturated carbocycles. The molecule has 0 bridgehead atoms. The predicted octanol–water partition coefficient (Wildman–Crippen LogP) is 2.87. The SMILES string of the molecule is Cc1cccc(NC(C)C(C)(C)O)c1C. The van der Waals surface area contributed by atoms with Gasteiger partial charge in [-0.25, -0.2) is 0 Å². The normalized spacial score (nSPS) is 13.7. The molecule has 2 nitrogen and oxygen atoms in total. The largest absolute Gasteiger partial charge is 0.388 e. The van der Waals surface area contributed by atoms with Gasteiger partial charge in [-0.15, -0.1) is 0 Å². The highest BCUT2D eigenvalue weighted by molar-refractivity contribution is 5.54. The fourth-order valence-electron chi connectivity index (χ4n) is 1.32. The summed E-state index contributed by atoms with van der Waals surface area (Å²) in [4.78, 5) is 0. The zero-order valence-electron chi connectivity index (χ0n) is 10.3. The number of nitrogens with one attached hydrogen (secondary N) is 1. The van der Waals surface area contributed by atoms with Crippen molar-refractivity contribution in [2.75, 3.05) is 5.32 Å². The van der Waals surface area contributed by atoms with Gasteiger partial charge in [0.15, 0.2) is 0 Å². The lowest BCUT2D eigenvalue weighted by molar-refractivity contribution is 0.0649. The van der Waals surface area contributed by atoms with Gasteiger partial charge < -0.3 is 10.4 Å². The van der Waals surface area contributed by atoms with Crippen molar-refractivity contribution < 1.29 is 5.11 Å². The van der Waals surface area contributed by atoms with Crippen LogP contribution in [0.3, 0.4) is 0 Å². The Morgan fingerprint density at radius 2 is 1.87 bits per heavy atom. The summed E-state index contributed by atoms with van der Waals surface area (Å²) in [5, 5.41) is 13.2. The van der Waals surface area contributed by atoms with Gasteiger partial charge in [-0.3, -0.25) is 0 Å². The van der Waals surface area contributed by atoms with E-state index in [-0.39, 0.29) is 6.04 Å². The molecule has 1 rings (SSSR count). The highest BCUT2D eigenvalue weighted by Gasteiger charge is 2.22. The fourth-order valence-corrected chi connectivity index (χ4v) is 1.32. The van der Waals surface area contributed by atoms with E-state index in [9.17, 15) is 5.11 Å². The van der Waals surface area contributed by atoms with Crippen LogP contribution in [0.2, 0.25) is 0 Å². The van der Waals surface area contributed by atoms with E-state index < -0.39 is 5.60 Å². The van der Waals surface area contributed by atoms with Crippen LogP contribution < -0.4 is 5.32 Å². The second kappa shape index (κ2) is 4.23. The fraction of sp³-hybridized carbons (Fsp3) is 0.538. The third kappa shape index (κ3) is 2.96. The first kappa shape index (κ1) is 12.1. The first-order valence-corrected chi connectivity index (χ1v) is 5.37. The van der Waals surface area contributed by atoms with E-state index >= 15 is 0 Å². The van der Waals surface area contributed by atoms with E-state index in [0.29, 0.717) is 0 Å². The van der Waals surface area contributed by atoms with Gasteiger partial charge >= 0.3 is 0 Å². The van der Waals surface area contributed by atoms with Gasteiger partial charge in [-0.2, -0.15) is 0 Å². The molecule has 1 unspecified atom stereocenters.